The Morgan fingerprint density at radius 3 is 2.33 bits per heavy atom. The van der Waals surface area contributed by atoms with Gasteiger partial charge in [-0.2, -0.15) is 24.9 Å². The molecule has 10 heteroatoms. The number of nitrogens with zero attached hydrogens (tertiary/aromatic N) is 1. The average molecular weight is 537 g/mol. The highest BCUT2D eigenvalue weighted by Crippen LogP contribution is 2.52. The highest BCUT2D eigenvalue weighted by atomic mass is 35.5. The second-order valence-corrected chi connectivity index (χ2v) is 11.0. The van der Waals surface area contributed by atoms with Crippen molar-refractivity contribution < 1.29 is 22.8 Å². The summed E-state index contributed by atoms with van der Waals surface area (Å²) in [6.45, 7) is 3.81. The number of rotatable bonds is 5. The van der Waals surface area contributed by atoms with Crippen LogP contribution in [-0.4, -0.2) is 34.6 Å². The van der Waals surface area contributed by atoms with Crippen LogP contribution < -0.4 is 0 Å². The van der Waals surface area contributed by atoms with Crippen LogP contribution in [0.5, 0.6) is 0 Å². The maximum Gasteiger partial charge on any atom is 0.437 e. The molecule has 2 atom stereocenters. The molecule has 1 fully saturated rings. The third-order valence-electron chi connectivity index (χ3n) is 5.91. The van der Waals surface area contributed by atoms with Crippen molar-refractivity contribution in [1.82, 2.24) is 0 Å². The van der Waals surface area contributed by atoms with E-state index in [1.54, 1.807) is 36.9 Å². The summed E-state index contributed by atoms with van der Waals surface area (Å²) in [5.74, 6) is 1.88. The first-order valence-corrected chi connectivity index (χ1v) is 12.4. The normalized spacial score (nSPS) is 24.1. The lowest BCUT2D eigenvalue weighted by Crippen LogP contribution is -2.50. The van der Waals surface area contributed by atoms with Crippen LogP contribution in [0.25, 0.3) is 0 Å². The van der Waals surface area contributed by atoms with E-state index in [1.807, 2.05) is 0 Å². The molecule has 4 rings (SSSR count). The molecule has 0 spiro atoms. The SMILES string of the molecule is Cc1cc(C2=NOC(c3cc(Cl)cc(Cl)c3)(C(F)(F)F)C2Cl)ccc1C(=O)CC1(C)CSC1. The number of hydrogen-bond acceptors (Lipinski definition) is 4. The van der Waals surface area contributed by atoms with Crippen LogP contribution in [0.15, 0.2) is 41.6 Å². The van der Waals surface area contributed by atoms with E-state index in [0.29, 0.717) is 23.1 Å². The number of halogens is 6. The quantitative estimate of drug-likeness (QED) is 0.295. The average Bonchev–Trinajstić information content (AvgIpc) is 3.04. The van der Waals surface area contributed by atoms with Crippen molar-refractivity contribution in [1.29, 1.82) is 0 Å². The van der Waals surface area contributed by atoms with Gasteiger partial charge in [-0.3, -0.25) is 4.79 Å². The van der Waals surface area contributed by atoms with Crippen LogP contribution in [-0.2, 0) is 10.4 Å². The zero-order chi connectivity index (χ0) is 24.2. The van der Waals surface area contributed by atoms with Gasteiger partial charge in [0.15, 0.2) is 5.78 Å². The van der Waals surface area contributed by atoms with Crippen LogP contribution in [0, 0.1) is 12.3 Å². The lowest BCUT2D eigenvalue weighted by molar-refractivity contribution is -0.274. The van der Waals surface area contributed by atoms with Gasteiger partial charge in [-0.25, -0.2) is 0 Å². The number of oxime groups is 1. The van der Waals surface area contributed by atoms with Crippen molar-refractivity contribution in [3.05, 3.63) is 68.7 Å². The van der Waals surface area contributed by atoms with Gasteiger partial charge in [0.2, 0.25) is 0 Å². The summed E-state index contributed by atoms with van der Waals surface area (Å²) in [5, 5.41) is 2.05. The molecule has 2 aromatic carbocycles. The number of aryl methyl sites for hydroxylation is 1. The summed E-state index contributed by atoms with van der Waals surface area (Å²) < 4.78 is 43.0. The molecule has 176 valence electrons. The minimum absolute atomic E-state index is 0.00657. The van der Waals surface area contributed by atoms with Crippen LogP contribution in [0.2, 0.25) is 10.0 Å². The molecule has 33 heavy (non-hydrogen) atoms. The van der Waals surface area contributed by atoms with Crippen molar-refractivity contribution in [3.63, 3.8) is 0 Å². The number of ketones is 1. The highest BCUT2D eigenvalue weighted by molar-refractivity contribution is 8.00. The Kier molecular flexibility index (Phi) is 6.49. The van der Waals surface area contributed by atoms with Crippen LogP contribution in [0.4, 0.5) is 13.2 Å². The van der Waals surface area contributed by atoms with E-state index in [2.05, 4.69) is 12.1 Å². The van der Waals surface area contributed by atoms with Gasteiger partial charge in [0.25, 0.3) is 5.60 Å². The van der Waals surface area contributed by atoms with Crippen LogP contribution in [0.3, 0.4) is 0 Å². The Morgan fingerprint density at radius 1 is 1.18 bits per heavy atom. The third-order valence-corrected chi connectivity index (χ3v) is 8.66. The first kappa shape index (κ1) is 24.7. The summed E-state index contributed by atoms with van der Waals surface area (Å²) in [7, 11) is 0. The molecule has 0 aliphatic carbocycles. The van der Waals surface area contributed by atoms with E-state index in [0.717, 1.165) is 23.6 Å². The fraction of sp³-hybridized carbons (Fsp3) is 0.391. The number of hydrogen-bond donors (Lipinski definition) is 0. The molecule has 0 amide bonds. The van der Waals surface area contributed by atoms with Crippen LogP contribution >= 0.6 is 46.6 Å². The third kappa shape index (κ3) is 4.38. The monoisotopic (exact) mass is 535 g/mol. The topological polar surface area (TPSA) is 38.7 Å². The van der Waals surface area contributed by atoms with Crippen molar-refractivity contribution in [3.8, 4) is 0 Å². The smallest absolute Gasteiger partial charge is 0.372 e. The second-order valence-electron chi connectivity index (χ2n) is 8.76. The molecule has 3 nitrogen and oxygen atoms in total. The van der Waals surface area contributed by atoms with Gasteiger partial charge < -0.3 is 4.84 Å². The molecular formula is C23H19Cl3F3NO2S. The van der Waals surface area contributed by atoms with E-state index >= 15 is 0 Å². The number of thioether (sulfide) groups is 1. The summed E-state index contributed by atoms with van der Waals surface area (Å²) >= 11 is 20.1. The fourth-order valence-corrected chi connectivity index (χ4v) is 6.19. The lowest BCUT2D eigenvalue weighted by atomic mass is 9.84. The van der Waals surface area contributed by atoms with E-state index in [4.69, 9.17) is 39.6 Å². The van der Waals surface area contributed by atoms with Gasteiger partial charge in [0, 0.05) is 33.2 Å². The standard InChI is InChI=1S/C23H19Cl3F3NO2S/c1-12-5-13(3-4-17(12)18(31)9-21(2)10-33-11-21)19-20(26)22(32-30-19,23(27,28)29)14-6-15(24)8-16(25)7-14/h3-8,20H,9-11H2,1-2H3. The minimum Gasteiger partial charge on any atom is -0.372 e. The van der Waals surface area contributed by atoms with Crippen molar-refractivity contribution in [2.24, 2.45) is 10.6 Å². The molecule has 2 aliphatic heterocycles. The van der Waals surface area contributed by atoms with Crippen molar-refractivity contribution in [2.75, 3.05) is 11.5 Å². The molecule has 2 aromatic rings. The predicted molar refractivity (Wildman–Crippen MR) is 127 cm³/mol. The molecule has 0 radical (unpaired) electrons. The number of Topliss-reactive ketones (excluding diaryl/α,β-unsaturated/α-hetero) is 1. The van der Waals surface area contributed by atoms with E-state index < -0.39 is 17.2 Å². The zero-order valence-electron chi connectivity index (χ0n) is 17.6. The molecule has 0 bridgehead atoms. The van der Waals surface area contributed by atoms with Gasteiger partial charge in [-0.05, 0) is 53.7 Å². The van der Waals surface area contributed by atoms with Gasteiger partial charge in [0.1, 0.15) is 11.1 Å². The predicted octanol–water partition coefficient (Wildman–Crippen LogP) is 7.43. The fourth-order valence-electron chi connectivity index (χ4n) is 4.10. The van der Waals surface area contributed by atoms with Gasteiger partial charge >= 0.3 is 6.18 Å². The van der Waals surface area contributed by atoms with Gasteiger partial charge in [0.05, 0.1) is 0 Å². The van der Waals surface area contributed by atoms with E-state index in [-0.39, 0.29) is 32.5 Å². The Hall–Kier alpha value is -1.41. The number of alkyl halides is 4. The number of carbonyl (C=O) groups excluding carboxylic acids is 1. The summed E-state index contributed by atoms with van der Waals surface area (Å²) in [5.41, 5.74) is -1.90. The zero-order valence-corrected chi connectivity index (χ0v) is 20.7. The minimum atomic E-state index is -4.92. The Labute approximate surface area is 208 Å². The largest absolute Gasteiger partial charge is 0.437 e. The first-order valence-electron chi connectivity index (χ1n) is 10.0. The molecule has 2 aliphatic rings. The summed E-state index contributed by atoms with van der Waals surface area (Å²) in [6, 6.07) is 8.31. The molecule has 1 saturated heterocycles. The molecule has 2 unspecified atom stereocenters. The van der Waals surface area contributed by atoms with Crippen molar-refractivity contribution >= 4 is 58.1 Å². The maximum atomic E-state index is 14.3. The Morgan fingerprint density at radius 2 is 1.82 bits per heavy atom. The highest BCUT2D eigenvalue weighted by Gasteiger charge is 2.68. The molecular weight excluding hydrogens is 518 g/mol. The van der Waals surface area contributed by atoms with E-state index in [1.165, 1.54) is 6.07 Å². The lowest BCUT2D eigenvalue weighted by Gasteiger charge is -2.37. The Bertz CT molecular complexity index is 1130. The number of carbonyl (C=O) groups is 1. The second kappa shape index (κ2) is 8.67. The van der Waals surface area contributed by atoms with Gasteiger partial charge in [-0.15, -0.1) is 11.6 Å². The summed E-state index contributed by atoms with van der Waals surface area (Å²) in [6.07, 6.45) is -4.49. The summed E-state index contributed by atoms with van der Waals surface area (Å²) in [4.78, 5) is 17.8. The first-order chi connectivity index (χ1) is 15.4. The van der Waals surface area contributed by atoms with Gasteiger partial charge in [-0.1, -0.05) is 47.4 Å². The molecule has 2 heterocycles. The molecule has 0 aromatic heterocycles. The van der Waals surface area contributed by atoms with E-state index in [9.17, 15) is 18.0 Å². The molecule has 0 saturated carbocycles. The molecule has 0 N–H and O–H groups in total. The number of benzene rings is 2. The maximum absolute atomic E-state index is 14.3. The van der Waals surface area contributed by atoms with Crippen LogP contribution in [0.1, 0.15) is 40.4 Å². The Balaban J connectivity index is 1.66. The van der Waals surface area contributed by atoms with Crippen molar-refractivity contribution in [2.45, 2.75) is 37.4 Å².